The maximum atomic E-state index is 12.5. The number of hydrogen-bond acceptors (Lipinski definition) is 21. The van der Waals surface area contributed by atoms with E-state index in [0.717, 1.165) is 53.4 Å². The molecule has 0 atom stereocenters. The number of aromatic amines is 1. The summed E-state index contributed by atoms with van der Waals surface area (Å²) in [6.45, 7) is 7.37. The largest absolute Gasteiger partial charge is 0.366 e. The summed E-state index contributed by atoms with van der Waals surface area (Å²) >= 11 is 16.5. The van der Waals surface area contributed by atoms with Crippen LogP contribution in [0.2, 0.25) is 15.1 Å². The quantitative estimate of drug-likeness (QED) is 0.0474. The van der Waals surface area contributed by atoms with E-state index in [1.807, 2.05) is 67.1 Å². The van der Waals surface area contributed by atoms with E-state index in [-0.39, 0.29) is 45.6 Å². The van der Waals surface area contributed by atoms with E-state index in [0.29, 0.717) is 11.4 Å². The predicted octanol–water partition coefficient (Wildman–Crippen LogP) is 6.36. The van der Waals surface area contributed by atoms with Crippen molar-refractivity contribution < 1.29 is 59.9 Å². The average Bonchev–Trinajstić information content (AvgIpc) is 2.46. The number of benzene rings is 2. The summed E-state index contributed by atoms with van der Waals surface area (Å²) in [6.07, 6.45) is 15.1. The van der Waals surface area contributed by atoms with Crippen LogP contribution >= 0.6 is 45.5 Å². The Morgan fingerprint density at radius 1 is 0.535 bits per heavy atom. The number of halogens is 4. The van der Waals surface area contributed by atoms with Gasteiger partial charge in [-0.25, -0.2) is 67.0 Å². The first kappa shape index (κ1) is 73.0. The molecule has 6 aromatic heterocycles. The molecule has 28 nitrogen and oxygen atoms in total. The van der Waals surface area contributed by atoms with Crippen LogP contribution in [0.25, 0.3) is 0 Å². The SMILES string of the molecule is Cc1cccc(Nc2ccncc2S(=O)(=O)NC(=O)NC(C)C)c1.Cc1cccc(Nc2ccncc2S(N)(=O)=O)c1.NS(=O)(=O)c1cnccc1Cl.NS(=O)(=O)c1cnccc1Cl.O=S(=O)(Cl)c1cnccc1Cl.O=c1cc[nH]cc1S(=O)(=O)O. The van der Waals surface area contributed by atoms with Crippen LogP contribution in [0, 0.1) is 13.8 Å². The summed E-state index contributed by atoms with van der Waals surface area (Å²) in [6, 6.07) is 22.4. The van der Waals surface area contributed by atoms with E-state index in [9.17, 15) is 60.1 Å². The number of nitrogens with one attached hydrogen (secondary N) is 5. The van der Waals surface area contributed by atoms with Crippen molar-refractivity contribution in [2.45, 2.75) is 63.1 Å². The van der Waals surface area contributed by atoms with E-state index in [1.54, 1.807) is 19.9 Å². The molecule has 6 heterocycles. The summed E-state index contributed by atoms with van der Waals surface area (Å²) in [4.78, 5) is 41.9. The normalized spacial score (nSPS) is 11.3. The first-order valence-corrected chi connectivity index (χ1v) is 34.2. The lowest BCUT2D eigenvalue weighted by Gasteiger charge is -2.14. The molecule has 0 radical (unpaired) electrons. The van der Waals surface area contributed by atoms with Crippen LogP contribution < -0.4 is 41.5 Å². The maximum absolute atomic E-state index is 12.5. The first-order chi connectivity index (χ1) is 39.8. The van der Waals surface area contributed by atoms with E-state index in [2.05, 4.69) is 45.9 Å². The third kappa shape index (κ3) is 25.3. The second kappa shape index (κ2) is 32.4. The number of carbonyl (C=O) groups excluding carboxylic acids is 1. The van der Waals surface area contributed by atoms with Gasteiger partial charge in [0.2, 0.25) is 35.5 Å². The minimum absolute atomic E-state index is 0.0218. The Labute approximate surface area is 514 Å². The van der Waals surface area contributed by atoms with Gasteiger partial charge in [0, 0.05) is 109 Å². The summed E-state index contributed by atoms with van der Waals surface area (Å²) in [5, 5.41) is 23.5. The van der Waals surface area contributed by atoms with Crippen LogP contribution in [0.1, 0.15) is 25.0 Å². The predicted molar refractivity (Wildman–Crippen MR) is 323 cm³/mol. The molecule has 2 aromatic carbocycles. The summed E-state index contributed by atoms with van der Waals surface area (Å²) in [5.74, 6) is 0. The molecule has 0 bridgehead atoms. The maximum Gasteiger partial charge on any atom is 0.328 e. The Bertz CT molecular complexity index is 4250. The number of pyridine rings is 6. The zero-order valence-corrected chi connectivity index (χ0v) is 52.6. The number of nitrogens with zero attached hydrogens (tertiary/aromatic N) is 5. The Balaban J connectivity index is 0.000000279. The third-order valence-corrected chi connectivity index (χ3v) is 17.3. The molecule has 38 heteroatoms. The number of rotatable bonds is 12. The van der Waals surface area contributed by atoms with Gasteiger partial charge in [0.15, 0.2) is 4.90 Å². The van der Waals surface area contributed by atoms with Crippen molar-refractivity contribution in [2.24, 2.45) is 15.4 Å². The second-order valence-corrected chi connectivity index (χ2v) is 28.2. The van der Waals surface area contributed by atoms with Crippen LogP contribution in [0.4, 0.5) is 27.5 Å². The monoisotopic (exact) mass is 1380 g/mol. The number of amides is 2. The molecular formula is C48H51Cl4N13O15S6. The standard InChI is InChI=1S/C16H20N4O3S.C12H13N3O2S.C5H3Cl2NO2S.2C5H5ClN2O2S.C5H5NO4S/c1-11(2)18-16(21)20-24(22,23)15-10-17-8-7-14(15)19-13-6-4-5-12(3)9-13;1-9-3-2-4-10(7-9)15-11-5-6-14-8-12(11)18(13,16)17;3*6-4-1-2-8-3-5(4)11(7,9)10;7-4-1-2-6-3-5(4)11(8,9)10/h4-11H,1-3H3,(H,17,19)(H2,18,20,21);2-8H,1H3,(H,14,15)(H2,13,16,17);1-3H;2*1-3H,(H2,7,9,10);1-3H,(H,6,7)(H,8,9,10). The average molecular weight is 1380 g/mol. The fourth-order valence-electron chi connectivity index (χ4n) is 5.92. The minimum atomic E-state index is -4.38. The molecule has 0 aliphatic carbocycles. The van der Waals surface area contributed by atoms with Gasteiger partial charge in [0.1, 0.15) is 24.5 Å². The fourth-order valence-corrected chi connectivity index (χ4v) is 11.5. The highest BCUT2D eigenvalue weighted by atomic mass is 35.7. The number of sulfonamides is 4. The molecule has 0 unspecified atom stereocenters. The van der Waals surface area contributed by atoms with Crippen molar-refractivity contribution in [3.63, 3.8) is 0 Å². The van der Waals surface area contributed by atoms with Crippen LogP contribution in [-0.4, -0.2) is 97.0 Å². The molecule has 462 valence electrons. The Morgan fingerprint density at radius 2 is 0.907 bits per heavy atom. The Hall–Kier alpha value is -7.29. The molecule has 0 aliphatic heterocycles. The molecule has 0 fully saturated rings. The van der Waals surface area contributed by atoms with Gasteiger partial charge in [0.05, 0.1) is 26.4 Å². The molecule has 8 rings (SSSR count). The van der Waals surface area contributed by atoms with Crippen LogP contribution in [0.3, 0.4) is 0 Å². The molecule has 12 N–H and O–H groups in total. The number of primary sulfonamides is 3. The van der Waals surface area contributed by atoms with Gasteiger partial charge in [-0.1, -0.05) is 59.1 Å². The lowest BCUT2D eigenvalue weighted by Crippen LogP contribution is -2.42. The molecule has 0 saturated heterocycles. The highest BCUT2D eigenvalue weighted by Gasteiger charge is 2.23. The number of nitrogens with two attached hydrogens (primary N) is 3. The van der Waals surface area contributed by atoms with Crippen LogP contribution in [-0.2, 0) is 59.3 Å². The summed E-state index contributed by atoms with van der Waals surface area (Å²) < 4.78 is 143. The van der Waals surface area contributed by atoms with Crippen LogP contribution in [0.5, 0.6) is 0 Å². The number of H-pyrrole nitrogens is 1. The topological polar surface area (TPSA) is 466 Å². The van der Waals surface area contributed by atoms with Crippen molar-refractivity contribution in [3.05, 3.63) is 196 Å². The van der Waals surface area contributed by atoms with Gasteiger partial charge in [-0.05, 0) is 93.4 Å². The molecule has 0 spiro atoms. The lowest BCUT2D eigenvalue weighted by molar-refractivity contribution is 0.243. The lowest BCUT2D eigenvalue weighted by atomic mass is 10.2. The van der Waals surface area contributed by atoms with Gasteiger partial charge in [0.25, 0.3) is 29.2 Å². The van der Waals surface area contributed by atoms with E-state index < -0.39 is 75.6 Å². The van der Waals surface area contributed by atoms with Crippen molar-refractivity contribution in [3.8, 4) is 0 Å². The van der Waals surface area contributed by atoms with E-state index in [4.69, 9.17) is 65.5 Å². The van der Waals surface area contributed by atoms with Crippen molar-refractivity contribution >= 4 is 134 Å². The summed E-state index contributed by atoms with van der Waals surface area (Å²) in [7, 11) is -18.4. The third-order valence-electron chi connectivity index (χ3n) is 9.55. The zero-order chi connectivity index (χ0) is 64.8. The van der Waals surface area contributed by atoms with Crippen molar-refractivity contribution in [2.75, 3.05) is 10.6 Å². The number of aromatic nitrogens is 6. The first-order valence-electron chi connectivity index (χ1n) is 23.2. The number of aryl methyl sites for hydroxylation is 2. The highest BCUT2D eigenvalue weighted by Crippen LogP contribution is 2.26. The zero-order valence-electron chi connectivity index (χ0n) is 44.7. The molecule has 2 amide bonds. The van der Waals surface area contributed by atoms with Gasteiger partial charge in [-0.2, -0.15) is 8.42 Å². The van der Waals surface area contributed by atoms with Gasteiger partial charge in [-0.15, -0.1) is 0 Å². The molecular weight excluding hydrogens is 1330 g/mol. The van der Waals surface area contributed by atoms with Crippen LogP contribution in [0.15, 0.2) is 193 Å². The molecule has 0 aliphatic rings. The number of hydrogen-bond donors (Lipinski definition) is 9. The minimum Gasteiger partial charge on any atom is -0.366 e. The Kier molecular flexibility index (Phi) is 27.5. The molecule has 0 saturated carbocycles. The van der Waals surface area contributed by atoms with Crippen molar-refractivity contribution in [1.29, 1.82) is 0 Å². The number of anilines is 4. The number of carbonyl (C=O) groups is 1. The van der Waals surface area contributed by atoms with Crippen molar-refractivity contribution in [1.82, 2.24) is 39.9 Å². The van der Waals surface area contributed by atoms with E-state index >= 15 is 0 Å². The highest BCUT2D eigenvalue weighted by molar-refractivity contribution is 8.13. The van der Waals surface area contributed by atoms with Gasteiger partial charge >= 0.3 is 6.03 Å². The Morgan fingerprint density at radius 3 is 1.22 bits per heavy atom. The molecule has 8 aromatic rings. The van der Waals surface area contributed by atoms with Gasteiger partial charge in [-0.3, -0.25) is 34.3 Å². The smallest absolute Gasteiger partial charge is 0.328 e. The fraction of sp³-hybridized carbons (Fsp3) is 0.104. The van der Waals surface area contributed by atoms with E-state index in [1.165, 1.54) is 73.8 Å². The summed E-state index contributed by atoms with van der Waals surface area (Å²) in [5.41, 5.74) is 3.67. The van der Waals surface area contributed by atoms with Gasteiger partial charge < -0.3 is 20.9 Å². The second-order valence-electron chi connectivity index (χ2n) is 16.8. The molecule has 86 heavy (non-hydrogen) atoms. The number of urea groups is 1.